The summed E-state index contributed by atoms with van der Waals surface area (Å²) in [4.78, 5) is 0. The number of hydrogen-bond acceptors (Lipinski definition) is 1. The molecule has 0 bridgehead atoms. The maximum absolute atomic E-state index is 5.78. The van der Waals surface area contributed by atoms with E-state index < -0.39 is 0 Å². The number of ether oxygens (including phenoxy) is 1. The summed E-state index contributed by atoms with van der Waals surface area (Å²) in [6.07, 6.45) is 12.2. The van der Waals surface area contributed by atoms with Gasteiger partial charge in [0.25, 0.3) is 0 Å². The summed E-state index contributed by atoms with van der Waals surface area (Å²) < 4.78 is 5.78. The van der Waals surface area contributed by atoms with E-state index in [1.165, 1.54) is 56.9 Å². The lowest BCUT2D eigenvalue weighted by molar-refractivity contribution is 0.308. The molecule has 0 spiro atoms. The van der Waals surface area contributed by atoms with E-state index in [1.54, 1.807) is 0 Å². The fraction of sp³-hybridized carbons (Fsp3) is 0.667. The van der Waals surface area contributed by atoms with E-state index in [9.17, 15) is 0 Å². The van der Waals surface area contributed by atoms with Gasteiger partial charge in [0.15, 0.2) is 0 Å². The summed E-state index contributed by atoms with van der Waals surface area (Å²) in [7, 11) is 0. The van der Waals surface area contributed by atoms with Gasteiger partial charge in [-0.1, -0.05) is 57.6 Å². The zero-order chi connectivity index (χ0) is 13.3. The SMILES string of the molecule is CCCCOc1cccc(CCC2CCCCC2)c1. The second-order valence-electron chi connectivity index (χ2n) is 5.89. The van der Waals surface area contributed by atoms with Crippen molar-refractivity contribution in [2.24, 2.45) is 5.92 Å². The van der Waals surface area contributed by atoms with Crippen LogP contribution in [0.5, 0.6) is 5.75 Å². The van der Waals surface area contributed by atoms with Gasteiger partial charge in [-0.25, -0.2) is 0 Å². The molecule has 2 rings (SSSR count). The highest BCUT2D eigenvalue weighted by molar-refractivity contribution is 5.28. The molecule has 1 aromatic rings. The Bertz CT molecular complexity index is 352. The summed E-state index contributed by atoms with van der Waals surface area (Å²) in [6.45, 7) is 3.05. The van der Waals surface area contributed by atoms with Gasteiger partial charge in [-0.05, 0) is 42.9 Å². The minimum Gasteiger partial charge on any atom is -0.494 e. The summed E-state index contributed by atoms with van der Waals surface area (Å²) in [6, 6.07) is 8.70. The number of unbranched alkanes of at least 4 members (excludes halogenated alkanes) is 1. The van der Waals surface area contributed by atoms with Crippen molar-refractivity contribution in [1.82, 2.24) is 0 Å². The first-order chi connectivity index (χ1) is 9.38. The number of aryl methyl sites for hydroxylation is 1. The predicted molar refractivity (Wildman–Crippen MR) is 81.7 cm³/mol. The van der Waals surface area contributed by atoms with Crippen LogP contribution in [0.25, 0.3) is 0 Å². The molecule has 1 aromatic carbocycles. The van der Waals surface area contributed by atoms with Gasteiger partial charge in [-0.2, -0.15) is 0 Å². The Balaban J connectivity index is 1.77. The van der Waals surface area contributed by atoms with Gasteiger partial charge >= 0.3 is 0 Å². The molecule has 0 aromatic heterocycles. The Kier molecular flexibility index (Phi) is 6.26. The fourth-order valence-corrected chi connectivity index (χ4v) is 2.97. The second-order valence-corrected chi connectivity index (χ2v) is 5.89. The Labute approximate surface area is 118 Å². The van der Waals surface area contributed by atoms with E-state index in [0.717, 1.165) is 24.7 Å². The van der Waals surface area contributed by atoms with Crippen LogP contribution in [0.3, 0.4) is 0 Å². The van der Waals surface area contributed by atoms with Gasteiger partial charge in [0.2, 0.25) is 0 Å². The Morgan fingerprint density at radius 3 is 2.79 bits per heavy atom. The van der Waals surface area contributed by atoms with Crippen LogP contribution in [0.1, 0.15) is 63.9 Å². The van der Waals surface area contributed by atoms with Crippen LogP contribution in [-0.2, 0) is 6.42 Å². The van der Waals surface area contributed by atoms with Crippen LogP contribution in [0, 0.1) is 5.92 Å². The quantitative estimate of drug-likeness (QED) is 0.598. The summed E-state index contributed by atoms with van der Waals surface area (Å²) in [5, 5.41) is 0. The van der Waals surface area contributed by atoms with Gasteiger partial charge in [-0.3, -0.25) is 0 Å². The first-order valence-corrected chi connectivity index (χ1v) is 8.10. The highest BCUT2D eigenvalue weighted by Gasteiger charge is 2.13. The molecule has 1 aliphatic carbocycles. The van der Waals surface area contributed by atoms with E-state index in [1.807, 2.05) is 0 Å². The molecular weight excluding hydrogens is 232 g/mol. The summed E-state index contributed by atoms with van der Waals surface area (Å²) >= 11 is 0. The van der Waals surface area contributed by atoms with Crippen LogP contribution >= 0.6 is 0 Å². The zero-order valence-electron chi connectivity index (χ0n) is 12.4. The normalized spacial score (nSPS) is 16.5. The molecule has 1 nitrogen and oxygen atoms in total. The largest absolute Gasteiger partial charge is 0.494 e. The predicted octanol–water partition coefficient (Wildman–Crippen LogP) is 5.38. The van der Waals surface area contributed by atoms with Crippen LogP contribution in [-0.4, -0.2) is 6.61 Å². The molecule has 0 N–H and O–H groups in total. The fourth-order valence-electron chi connectivity index (χ4n) is 2.97. The molecule has 1 heteroatoms. The third kappa shape index (κ3) is 5.26. The second kappa shape index (κ2) is 8.24. The Morgan fingerprint density at radius 1 is 1.16 bits per heavy atom. The van der Waals surface area contributed by atoms with Crippen LogP contribution in [0.15, 0.2) is 24.3 Å². The van der Waals surface area contributed by atoms with E-state index >= 15 is 0 Å². The topological polar surface area (TPSA) is 9.23 Å². The molecule has 0 heterocycles. The lowest BCUT2D eigenvalue weighted by atomic mass is 9.85. The highest BCUT2D eigenvalue weighted by Crippen LogP contribution is 2.28. The lowest BCUT2D eigenvalue weighted by Gasteiger charge is -2.21. The molecule has 106 valence electrons. The molecule has 0 saturated heterocycles. The first-order valence-electron chi connectivity index (χ1n) is 8.10. The molecule has 0 unspecified atom stereocenters. The van der Waals surface area contributed by atoms with E-state index in [2.05, 4.69) is 31.2 Å². The van der Waals surface area contributed by atoms with Crippen LogP contribution < -0.4 is 4.74 Å². The molecule has 0 radical (unpaired) electrons. The Hall–Kier alpha value is -0.980. The van der Waals surface area contributed by atoms with Crippen molar-refractivity contribution in [3.05, 3.63) is 29.8 Å². The summed E-state index contributed by atoms with van der Waals surface area (Å²) in [5.74, 6) is 2.02. The minimum atomic E-state index is 0.850. The summed E-state index contributed by atoms with van der Waals surface area (Å²) in [5.41, 5.74) is 1.44. The van der Waals surface area contributed by atoms with Gasteiger partial charge in [-0.15, -0.1) is 0 Å². The molecule has 19 heavy (non-hydrogen) atoms. The van der Waals surface area contributed by atoms with Gasteiger partial charge in [0.05, 0.1) is 6.61 Å². The lowest BCUT2D eigenvalue weighted by Crippen LogP contribution is -2.07. The monoisotopic (exact) mass is 260 g/mol. The molecule has 0 atom stereocenters. The maximum Gasteiger partial charge on any atom is 0.119 e. The number of rotatable bonds is 7. The molecule has 1 aliphatic rings. The molecule has 1 saturated carbocycles. The minimum absolute atomic E-state index is 0.850. The van der Waals surface area contributed by atoms with Gasteiger partial charge < -0.3 is 4.74 Å². The van der Waals surface area contributed by atoms with E-state index in [0.29, 0.717) is 0 Å². The van der Waals surface area contributed by atoms with Crippen molar-refractivity contribution in [2.45, 2.75) is 64.7 Å². The Morgan fingerprint density at radius 2 is 2.00 bits per heavy atom. The molecule has 1 fully saturated rings. The first kappa shape index (κ1) is 14.4. The molecule has 0 aliphatic heterocycles. The standard InChI is InChI=1S/C18H28O/c1-2-3-14-19-18-11-7-10-17(15-18)13-12-16-8-5-4-6-9-16/h7,10-11,15-16H,2-6,8-9,12-14H2,1H3. The van der Waals surface area contributed by atoms with Crippen molar-refractivity contribution in [2.75, 3.05) is 6.61 Å². The highest BCUT2D eigenvalue weighted by atomic mass is 16.5. The molecule has 0 amide bonds. The molecular formula is C18H28O. The van der Waals surface area contributed by atoms with E-state index in [-0.39, 0.29) is 0 Å². The van der Waals surface area contributed by atoms with Gasteiger partial charge in [0, 0.05) is 0 Å². The average molecular weight is 260 g/mol. The van der Waals surface area contributed by atoms with Crippen molar-refractivity contribution in [3.63, 3.8) is 0 Å². The third-order valence-corrected chi connectivity index (χ3v) is 4.23. The van der Waals surface area contributed by atoms with Crippen molar-refractivity contribution in [1.29, 1.82) is 0 Å². The maximum atomic E-state index is 5.78. The van der Waals surface area contributed by atoms with Crippen molar-refractivity contribution in [3.8, 4) is 5.75 Å². The average Bonchev–Trinajstić information content (AvgIpc) is 2.47. The number of hydrogen-bond donors (Lipinski definition) is 0. The van der Waals surface area contributed by atoms with Gasteiger partial charge in [0.1, 0.15) is 5.75 Å². The smallest absolute Gasteiger partial charge is 0.119 e. The van der Waals surface area contributed by atoms with Crippen molar-refractivity contribution < 1.29 is 4.74 Å². The van der Waals surface area contributed by atoms with E-state index in [4.69, 9.17) is 4.74 Å². The number of benzene rings is 1. The van der Waals surface area contributed by atoms with Crippen molar-refractivity contribution >= 4 is 0 Å². The third-order valence-electron chi connectivity index (χ3n) is 4.23. The van der Waals surface area contributed by atoms with Crippen LogP contribution in [0.2, 0.25) is 0 Å². The zero-order valence-corrected chi connectivity index (χ0v) is 12.4. The van der Waals surface area contributed by atoms with Crippen LogP contribution in [0.4, 0.5) is 0 Å².